The Balaban J connectivity index is 2.95. The van der Waals surface area contributed by atoms with Crippen LogP contribution in [-0.4, -0.2) is 116 Å². The van der Waals surface area contributed by atoms with Crippen LogP contribution in [0, 0.1) is 0 Å². The van der Waals surface area contributed by atoms with Crippen molar-refractivity contribution in [2.24, 2.45) is 0 Å². The number of hydrogen-bond donors (Lipinski definition) is 2. The molecule has 158 valence electrons. The van der Waals surface area contributed by atoms with Gasteiger partial charge in [-0.05, 0) is 0 Å². The Hall–Kier alpha value is -0.400. The lowest BCUT2D eigenvalue weighted by atomic mass is 10.6. The summed E-state index contributed by atoms with van der Waals surface area (Å²) in [4.78, 5) is 3.86. The first-order valence-electron chi connectivity index (χ1n) is 8.83. The Morgan fingerprint density at radius 2 is 0.577 bits per heavy atom. The van der Waals surface area contributed by atoms with Gasteiger partial charge in [-0.3, -0.25) is 5.26 Å². The summed E-state index contributed by atoms with van der Waals surface area (Å²) in [7, 11) is 0. The summed E-state index contributed by atoms with van der Waals surface area (Å²) >= 11 is 0. The zero-order chi connectivity index (χ0) is 19.0. The molecule has 0 fully saturated rings. The van der Waals surface area contributed by atoms with Gasteiger partial charge >= 0.3 is 0 Å². The molecule has 0 spiro atoms. The molecule has 0 radical (unpaired) electrons. The normalized spacial score (nSPS) is 11.3. The highest BCUT2D eigenvalue weighted by atomic mass is 17.1. The molecule has 0 atom stereocenters. The second-order valence-corrected chi connectivity index (χ2v) is 4.84. The number of hydrogen-bond acceptors (Lipinski definition) is 10. The summed E-state index contributed by atoms with van der Waals surface area (Å²) in [6.07, 6.45) is 0. The standard InChI is InChI=1S/C16H34O10/c17-1-2-19-3-4-20-5-6-21-7-8-22-9-10-23-11-12-24-13-14-25-15-16-26-18/h17-18H,1-16H2. The fourth-order valence-electron chi connectivity index (χ4n) is 1.58. The van der Waals surface area contributed by atoms with Crippen LogP contribution < -0.4 is 0 Å². The predicted octanol–water partition coefficient (Wildman–Crippen LogP) is -0.415. The van der Waals surface area contributed by atoms with Gasteiger partial charge in [0.2, 0.25) is 0 Å². The third-order valence-electron chi connectivity index (χ3n) is 2.79. The lowest BCUT2D eigenvalue weighted by Crippen LogP contribution is -2.15. The molecule has 0 aliphatic heterocycles. The first-order chi connectivity index (χ1) is 12.9. The van der Waals surface area contributed by atoms with Crippen molar-refractivity contribution in [3.05, 3.63) is 0 Å². The van der Waals surface area contributed by atoms with E-state index in [1.54, 1.807) is 0 Å². The molecule has 0 aromatic heterocycles. The van der Waals surface area contributed by atoms with Crippen molar-refractivity contribution in [1.29, 1.82) is 0 Å². The second-order valence-electron chi connectivity index (χ2n) is 4.84. The molecule has 0 amide bonds. The third kappa shape index (κ3) is 23.6. The summed E-state index contributed by atoms with van der Waals surface area (Å²) in [6.45, 7) is 6.79. The van der Waals surface area contributed by atoms with Gasteiger partial charge in [0, 0.05) is 0 Å². The Morgan fingerprint density at radius 3 is 0.808 bits per heavy atom. The molecule has 10 nitrogen and oxygen atoms in total. The average molecular weight is 386 g/mol. The summed E-state index contributed by atoms with van der Waals surface area (Å²) in [6, 6.07) is 0. The van der Waals surface area contributed by atoms with E-state index in [2.05, 4.69) is 4.89 Å². The van der Waals surface area contributed by atoms with Crippen LogP contribution in [0.1, 0.15) is 0 Å². The van der Waals surface area contributed by atoms with E-state index in [0.29, 0.717) is 92.5 Å². The molecule has 0 rings (SSSR count). The lowest BCUT2D eigenvalue weighted by molar-refractivity contribution is -0.249. The van der Waals surface area contributed by atoms with E-state index >= 15 is 0 Å². The van der Waals surface area contributed by atoms with Crippen molar-refractivity contribution in [3.8, 4) is 0 Å². The van der Waals surface area contributed by atoms with Crippen molar-refractivity contribution in [1.82, 2.24) is 0 Å². The molecule has 0 aliphatic rings. The zero-order valence-electron chi connectivity index (χ0n) is 15.5. The highest BCUT2D eigenvalue weighted by Crippen LogP contribution is 1.85. The van der Waals surface area contributed by atoms with Crippen LogP contribution in [0.5, 0.6) is 0 Å². The van der Waals surface area contributed by atoms with Crippen molar-refractivity contribution in [2.45, 2.75) is 0 Å². The minimum absolute atomic E-state index is 0.0284. The fourth-order valence-corrected chi connectivity index (χ4v) is 1.58. The van der Waals surface area contributed by atoms with Gasteiger partial charge in [-0.2, -0.15) is 0 Å². The molecule has 0 aliphatic carbocycles. The Morgan fingerprint density at radius 1 is 0.346 bits per heavy atom. The van der Waals surface area contributed by atoms with E-state index in [-0.39, 0.29) is 13.2 Å². The van der Waals surface area contributed by atoms with Crippen LogP contribution in [0.15, 0.2) is 0 Å². The van der Waals surface area contributed by atoms with Gasteiger partial charge in [0.1, 0.15) is 6.61 Å². The second kappa shape index (κ2) is 24.6. The van der Waals surface area contributed by atoms with Gasteiger partial charge in [-0.15, -0.1) is 0 Å². The maximum absolute atomic E-state index is 8.51. The zero-order valence-corrected chi connectivity index (χ0v) is 15.5. The van der Waals surface area contributed by atoms with Gasteiger partial charge in [0.25, 0.3) is 0 Å². The largest absolute Gasteiger partial charge is 0.394 e. The smallest absolute Gasteiger partial charge is 0.105 e. The topological polar surface area (TPSA) is 114 Å². The molecule has 0 bridgehead atoms. The van der Waals surface area contributed by atoms with E-state index < -0.39 is 0 Å². The van der Waals surface area contributed by atoms with Gasteiger partial charge < -0.3 is 38.3 Å². The summed E-state index contributed by atoms with van der Waals surface area (Å²) in [5.41, 5.74) is 0. The Kier molecular flexibility index (Phi) is 24.2. The molecule has 0 aromatic rings. The lowest BCUT2D eigenvalue weighted by Gasteiger charge is -2.08. The fraction of sp³-hybridized carbons (Fsp3) is 1.00. The number of rotatable bonds is 23. The predicted molar refractivity (Wildman–Crippen MR) is 91.4 cm³/mol. The molecule has 26 heavy (non-hydrogen) atoms. The highest BCUT2D eigenvalue weighted by molar-refractivity contribution is 4.37. The monoisotopic (exact) mass is 386 g/mol. The molecule has 0 heterocycles. The number of ether oxygens (including phenoxy) is 7. The van der Waals surface area contributed by atoms with Crippen molar-refractivity contribution in [3.63, 3.8) is 0 Å². The third-order valence-corrected chi connectivity index (χ3v) is 2.79. The summed E-state index contributed by atoms with van der Waals surface area (Å²) in [5, 5.41) is 16.6. The van der Waals surface area contributed by atoms with E-state index in [1.807, 2.05) is 0 Å². The Bertz CT molecular complexity index is 221. The number of aliphatic hydroxyl groups excluding tert-OH is 1. The molecule has 2 N–H and O–H groups in total. The molecule has 0 unspecified atom stereocenters. The SMILES string of the molecule is OCCOCCOCCOCCOCCOCCOCCOCCOO. The van der Waals surface area contributed by atoms with Crippen LogP contribution in [0.25, 0.3) is 0 Å². The van der Waals surface area contributed by atoms with Crippen LogP contribution in [0.2, 0.25) is 0 Å². The minimum Gasteiger partial charge on any atom is -0.394 e. The van der Waals surface area contributed by atoms with E-state index in [4.69, 9.17) is 43.5 Å². The van der Waals surface area contributed by atoms with E-state index in [9.17, 15) is 0 Å². The van der Waals surface area contributed by atoms with E-state index in [1.165, 1.54) is 0 Å². The van der Waals surface area contributed by atoms with E-state index in [0.717, 1.165) is 0 Å². The molecule has 0 saturated heterocycles. The molecular formula is C16H34O10. The quantitative estimate of drug-likeness (QED) is 0.136. The van der Waals surface area contributed by atoms with Gasteiger partial charge in [0.05, 0.1) is 99.1 Å². The number of aliphatic hydroxyl groups is 1. The van der Waals surface area contributed by atoms with Gasteiger partial charge in [0.15, 0.2) is 0 Å². The van der Waals surface area contributed by atoms with Crippen LogP contribution in [0.4, 0.5) is 0 Å². The molecule has 10 heteroatoms. The van der Waals surface area contributed by atoms with Gasteiger partial charge in [-0.25, -0.2) is 4.89 Å². The molecular weight excluding hydrogens is 352 g/mol. The van der Waals surface area contributed by atoms with Crippen LogP contribution in [-0.2, 0) is 38.0 Å². The minimum atomic E-state index is 0.0284. The molecule has 0 aromatic carbocycles. The maximum Gasteiger partial charge on any atom is 0.105 e. The molecule has 0 saturated carbocycles. The van der Waals surface area contributed by atoms with Crippen molar-refractivity contribution in [2.75, 3.05) is 106 Å². The maximum atomic E-state index is 8.51. The van der Waals surface area contributed by atoms with Crippen molar-refractivity contribution >= 4 is 0 Å². The first-order valence-corrected chi connectivity index (χ1v) is 8.83. The Labute approximate surface area is 155 Å². The average Bonchev–Trinajstić information content (AvgIpc) is 2.66. The van der Waals surface area contributed by atoms with Crippen LogP contribution in [0.3, 0.4) is 0 Å². The first kappa shape index (κ1) is 25.6. The highest BCUT2D eigenvalue weighted by Gasteiger charge is 1.94. The van der Waals surface area contributed by atoms with Gasteiger partial charge in [-0.1, -0.05) is 0 Å². The summed E-state index contributed by atoms with van der Waals surface area (Å²) < 4.78 is 36.8. The van der Waals surface area contributed by atoms with Crippen LogP contribution >= 0.6 is 0 Å². The van der Waals surface area contributed by atoms with Crippen molar-refractivity contribution < 1.29 is 48.4 Å². The summed E-state index contributed by atoms with van der Waals surface area (Å²) in [5.74, 6) is 0.